The molecular formula is C31H42N2O3. The van der Waals surface area contributed by atoms with Crippen molar-refractivity contribution < 1.29 is 14.3 Å². The molecule has 0 N–H and O–H groups in total. The number of fused-ring (bicyclic) bond motifs is 5. The molecule has 1 aliphatic heterocycles. The Balaban J connectivity index is 1.12. The molecule has 1 aromatic rings. The molecule has 36 heavy (non-hydrogen) atoms. The molecular weight excluding hydrogens is 448 g/mol. The number of carbonyl (C=O) groups excluding carboxylic acids is 1. The Labute approximate surface area is 216 Å². The van der Waals surface area contributed by atoms with E-state index in [0.29, 0.717) is 5.92 Å². The van der Waals surface area contributed by atoms with Crippen molar-refractivity contribution in [2.24, 2.45) is 28.6 Å². The van der Waals surface area contributed by atoms with Gasteiger partial charge in [-0.15, -0.1) is 0 Å². The van der Waals surface area contributed by atoms with E-state index in [1.54, 1.807) is 0 Å². The summed E-state index contributed by atoms with van der Waals surface area (Å²) in [6, 6.07) is 4.30. The number of piperidine rings is 1. The van der Waals surface area contributed by atoms with Gasteiger partial charge in [-0.3, -0.25) is 4.98 Å². The third-order valence-corrected chi connectivity index (χ3v) is 10.8. The Morgan fingerprint density at radius 1 is 0.972 bits per heavy atom. The van der Waals surface area contributed by atoms with Gasteiger partial charge >= 0.3 is 6.16 Å². The first-order chi connectivity index (χ1) is 17.4. The van der Waals surface area contributed by atoms with Gasteiger partial charge in [-0.2, -0.15) is 0 Å². The lowest BCUT2D eigenvalue weighted by atomic mass is 9.47. The molecule has 5 aliphatic rings. The average molecular weight is 491 g/mol. The summed E-state index contributed by atoms with van der Waals surface area (Å²) in [5.74, 6) is 2.17. The van der Waals surface area contributed by atoms with E-state index in [-0.39, 0.29) is 23.0 Å². The Hall–Kier alpha value is -2.14. The number of hydrogen-bond acceptors (Lipinski definition) is 5. The Kier molecular flexibility index (Phi) is 6.26. The zero-order valence-electron chi connectivity index (χ0n) is 22.2. The maximum absolute atomic E-state index is 12.5. The minimum atomic E-state index is -0.458. The van der Waals surface area contributed by atoms with E-state index in [1.807, 2.05) is 12.4 Å². The van der Waals surface area contributed by atoms with Crippen LogP contribution in [0, 0.1) is 28.6 Å². The van der Waals surface area contributed by atoms with Crippen molar-refractivity contribution in [2.75, 3.05) is 20.1 Å². The number of pyridine rings is 1. The maximum Gasteiger partial charge on any atom is 0.508 e. The number of ether oxygens (including phenoxy) is 2. The fourth-order valence-corrected chi connectivity index (χ4v) is 8.67. The van der Waals surface area contributed by atoms with Crippen LogP contribution in [-0.2, 0) is 9.47 Å². The molecule has 0 bridgehead atoms. The predicted molar refractivity (Wildman–Crippen MR) is 141 cm³/mol. The first-order valence-corrected chi connectivity index (χ1v) is 14.2. The largest absolute Gasteiger partial charge is 0.508 e. The zero-order valence-corrected chi connectivity index (χ0v) is 22.2. The number of nitrogens with zero attached hydrogens (tertiary/aromatic N) is 2. The monoisotopic (exact) mass is 490 g/mol. The van der Waals surface area contributed by atoms with Crippen molar-refractivity contribution in [2.45, 2.75) is 83.8 Å². The summed E-state index contributed by atoms with van der Waals surface area (Å²) in [5, 5.41) is 0. The second kappa shape index (κ2) is 9.31. The molecule has 2 heterocycles. The summed E-state index contributed by atoms with van der Waals surface area (Å²) < 4.78 is 11.5. The van der Waals surface area contributed by atoms with Crippen LogP contribution in [-0.4, -0.2) is 48.4 Å². The highest BCUT2D eigenvalue weighted by atomic mass is 16.7. The molecule has 3 fully saturated rings. The molecule has 4 aliphatic carbocycles. The SMILES string of the molecule is CN1CCC(OC(=O)O[C@H]2CC[C@@]3(C)C(=CC[C@@H]4[C@@H]3CC[C@]3(C)C(c5cccnc5)=CC[C@@H]43)C2)CC1. The number of rotatable bonds is 3. The summed E-state index contributed by atoms with van der Waals surface area (Å²) in [6.45, 7) is 6.99. The molecule has 0 aromatic carbocycles. The standard InChI is InChI=1S/C31H42N2O3/c1-30-14-10-24(36-29(34)35-23-12-17-33(3)18-13-23)19-22(30)6-7-25-27-9-8-26(21-5-4-16-32-20-21)31(27,2)15-11-28(25)30/h4-6,8,16,20,23-25,27-28H,7,9-15,17-19H2,1-3H3/t24-,25-,27-,28-,30-,31+/m0/s1. The molecule has 1 aromatic heterocycles. The highest BCUT2D eigenvalue weighted by Gasteiger charge is 2.57. The van der Waals surface area contributed by atoms with Crippen molar-refractivity contribution >= 4 is 11.7 Å². The zero-order chi connectivity index (χ0) is 24.9. The quantitative estimate of drug-likeness (QED) is 0.351. The van der Waals surface area contributed by atoms with E-state index in [1.165, 1.54) is 36.0 Å². The van der Waals surface area contributed by atoms with Crippen molar-refractivity contribution in [3.8, 4) is 0 Å². The van der Waals surface area contributed by atoms with Crippen LogP contribution in [0.2, 0.25) is 0 Å². The Bertz CT molecular complexity index is 1040. The highest BCUT2D eigenvalue weighted by Crippen LogP contribution is 2.66. The highest BCUT2D eigenvalue weighted by molar-refractivity contribution is 5.72. The Morgan fingerprint density at radius 3 is 2.53 bits per heavy atom. The smallest absolute Gasteiger partial charge is 0.431 e. The molecule has 0 amide bonds. The van der Waals surface area contributed by atoms with Crippen LogP contribution in [0.15, 0.2) is 42.3 Å². The fraction of sp³-hybridized carbons (Fsp3) is 0.677. The van der Waals surface area contributed by atoms with Gasteiger partial charge in [-0.25, -0.2) is 4.79 Å². The number of hydrogen-bond donors (Lipinski definition) is 0. The van der Waals surface area contributed by atoms with E-state index in [0.717, 1.165) is 63.5 Å². The lowest BCUT2D eigenvalue weighted by Crippen LogP contribution is -2.50. The van der Waals surface area contributed by atoms with Crippen LogP contribution in [0.1, 0.15) is 77.2 Å². The van der Waals surface area contributed by atoms with Crippen molar-refractivity contribution in [3.63, 3.8) is 0 Å². The number of likely N-dealkylation sites (tertiary alicyclic amines) is 1. The molecule has 194 valence electrons. The number of carbonyl (C=O) groups is 1. The fourth-order valence-electron chi connectivity index (χ4n) is 8.67. The maximum atomic E-state index is 12.5. The van der Waals surface area contributed by atoms with Gasteiger partial charge in [0.1, 0.15) is 12.2 Å². The van der Waals surface area contributed by atoms with Gasteiger partial charge in [0.05, 0.1) is 0 Å². The van der Waals surface area contributed by atoms with Crippen LogP contribution >= 0.6 is 0 Å². The third-order valence-electron chi connectivity index (χ3n) is 10.8. The van der Waals surface area contributed by atoms with Gasteiger partial charge < -0.3 is 14.4 Å². The predicted octanol–water partition coefficient (Wildman–Crippen LogP) is 6.65. The lowest BCUT2D eigenvalue weighted by Gasteiger charge is -2.57. The summed E-state index contributed by atoms with van der Waals surface area (Å²) in [6.07, 6.45) is 18.1. The van der Waals surface area contributed by atoms with Crippen molar-refractivity contribution in [1.29, 1.82) is 0 Å². The third kappa shape index (κ3) is 4.12. The van der Waals surface area contributed by atoms with Crippen LogP contribution in [0.5, 0.6) is 0 Å². The van der Waals surface area contributed by atoms with Gasteiger partial charge in [0.15, 0.2) is 0 Å². The molecule has 5 nitrogen and oxygen atoms in total. The van der Waals surface area contributed by atoms with Gasteiger partial charge in [-0.05, 0) is 104 Å². The van der Waals surface area contributed by atoms with Crippen molar-refractivity contribution in [1.82, 2.24) is 9.88 Å². The van der Waals surface area contributed by atoms with Gasteiger partial charge in [-0.1, -0.05) is 37.6 Å². The van der Waals surface area contributed by atoms with Crippen LogP contribution < -0.4 is 0 Å². The topological polar surface area (TPSA) is 51.7 Å². The van der Waals surface area contributed by atoms with Crippen LogP contribution in [0.4, 0.5) is 4.79 Å². The number of aromatic nitrogens is 1. The minimum absolute atomic E-state index is 0.00494. The molecule has 6 rings (SSSR count). The average Bonchev–Trinajstić information content (AvgIpc) is 3.23. The second-order valence-corrected chi connectivity index (χ2v) is 12.7. The minimum Gasteiger partial charge on any atom is -0.431 e. The van der Waals surface area contributed by atoms with E-state index >= 15 is 0 Å². The second-order valence-electron chi connectivity index (χ2n) is 12.7. The molecule has 0 spiro atoms. The van der Waals surface area contributed by atoms with Gasteiger partial charge in [0.25, 0.3) is 0 Å². The van der Waals surface area contributed by atoms with E-state index in [9.17, 15) is 4.79 Å². The summed E-state index contributed by atoms with van der Waals surface area (Å²) >= 11 is 0. The Morgan fingerprint density at radius 2 is 1.75 bits per heavy atom. The van der Waals surface area contributed by atoms with Crippen LogP contribution in [0.3, 0.4) is 0 Å². The summed E-state index contributed by atoms with van der Waals surface area (Å²) in [4.78, 5) is 19.2. The summed E-state index contributed by atoms with van der Waals surface area (Å²) in [7, 11) is 2.12. The molecule has 5 heteroatoms. The van der Waals surface area contributed by atoms with Gasteiger partial charge in [0, 0.05) is 31.9 Å². The molecule has 2 saturated carbocycles. The van der Waals surface area contributed by atoms with Gasteiger partial charge in [0.2, 0.25) is 0 Å². The number of allylic oxidation sites excluding steroid dienone is 3. The van der Waals surface area contributed by atoms with E-state index in [4.69, 9.17) is 9.47 Å². The van der Waals surface area contributed by atoms with E-state index < -0.39 is 6.16 Å². The molecule has 6 atom stereocenters. The summed E-state index contributed by atoms with van der Waals surface area (Å²) in [5.41, 5.74) is 4.86. The lowest BCUT2D eigenvalue weighted by molar-refractivity contribution is -0.0469. The molecule has 0 radical (unpaired) electrons. The first kappa shape index (κ1) is 24.2. The van der Waals surface area contributed by atoms with E-state index in [2.05, 4.69) is 55.1 Å². The molecule has 0 unspecified atom stereocenters. The van der Waals surface area contributed by atoms with Crippen LogP contribution in [0.25, 0.3) is 5.57 Å². The first-order valence-electron chi connectivity index (χ1n) is 14.2. The molecule has 1 saturated heterocycles. The van der Waals surface area contributed by atoms with Crippen molar-refractivity contribution in [3.05, 3.63) is 47.8 Å². The normalized spacial score (nSPS) is 38.8.